The smallest absolute Gasteiger partial charge is 0.340 e. The van der Waals surface area contributed by atoms with Crippen molar-refractivity contribution in [3.8, 4) is 0 Å². The van der Waals surface area contributed by atoms with Gasteiger partial charge in [-0.1, -0.05) is 36.4 Å². The van der Waals surface area contributed by atoms with E-state index in [2.05, 4.69) is 15.3 Å². The fraction of sp³-hybridized carbons (Fsp3) is 0.333. The molecule has 2 heterocycles. The minimum absolute atomic E-state index is 0.215. The Morgan fingerprint density at radius 1 is 1.06 bits per heavy atom. The van der Waals surface area contributed by atoms with Crippen LogP contribution < -0.4 is 5.32 Å². The molecule has 12 heteroatoms. The number of fused-ring (bicyclic) bond motifs is 1. The van der Waals surface area contributed by atoms with Crippen LogP contribution in [0, 0.1) is 0 Å². The lowest BCUT2D eigenvalue weighted by atomic mass is 10.0. The second kappa shape index (κ2) is 9.99. The van der Waals surface area contributed by atoms with Crippen molar-refractivity contribution in [3.63, 3.8) is 0 Å². The van der Waals surface area contributed by atoms with E-state index in [9.17, 15) is 14.0 Å². The van der Waals surface area contributed by atoms with Gasteiger partial charge >= 0.3 is 15.2 Å². The highest BCUT2D eigenvalue weighted by Gasteiger charge is 2.34. The topological polar surface area (TPSA) is 151 Å². The molecular weight excluding hydrogens is 468 g/mol. The number of hydrogen-bond acceptors (Lipinski definition) is 7. The van der Waals surface area contributed by atoms with Crippen molar-refractivity contribution < 1.29 is 33.1 Å². The number of hydrogen-bond donors (Lipinski definition) is 4. The summed E-state index contributed by atoms with van der Waals surface area (Å²) in [5.74, 6) is -0.473. The molecular formula is C21H25N3O7P2. The molecule has 0 bridgehead atoms. The molecule has 1 unspecified atom stereocenters. The maximum atomic E-state index is 11.8. The normalized spacial score (nSPS) is 20.6. The Labute approximate surface area is 190 Å². The van der Waals surface area contributed by atoms with Gasteiger partial charge in [-0.15, -0.1) is 0 Å². The summed E-state index contributed by atoms with van der Waals surface area (Å²) in [6, 6.07) is 15.8. The van der Waals surface area contributed by atoms with E-state index in [-0.39, 0.29) is 12.7 Å². The number of benzene rings is 2. The summed E-state index contributed by atoms with van der Waals surface area (Å²) in [4.78, 5) is 36.1. The van der Waals surface area contributed by atoms with Crippen LogP contribution in [-0.4, -0.2) is 43.3 Å². The predicted octanol–water partition coefficient (Wildman–Crippen LogP) is 3.80. The molecule has 3 atom stereocenters. The number of ether oxygens (including phenoxy) is 1. The van der Waals surface area contributed by atoms with Crippen LogP contribution in [0.4, 0.5) is 5.82 Å². The van der Waals surface area contributed by atoms with E-state index < -0.39 is 27.2 Å². The highest BCUT2D eigenvalue weighted by Crippen LogP contribution is 2.55. The van der Waals surface area contributed by atoms with Crippen molar-refractivity contribution in [2.45, 2.75) is 31.6 Å². The molecule has 33 heavy (non-hydrogen) atoms. The predicted molar refractivity (Wildman–Crippen MR) is 123 cm³/mol. The molecule has 0 spiro atoms. The van der Waals surface area contributed by atoms with Gasteiger partial charge < -0.3 is 29.3 Å². The molecule has 2 aromatic carbocycles. The Balaban J connectivity index is 1.39. The zero-order valence-electron chi connectivity index (χ0n) is 17.6. The molecule has 1 saturated heterocycles. The molecule has 0 amide bonds. The Hall–Kier alpha value is -2.16. The third kappa shape index (κ3) is 6.68. The summed E-state index contributed by atoms with van der Waals surface area (Å²) in [6.45, 7) is 0.423. The molecule has 0 saturated carbocycles. The molecule has 1 aliphatic heterocycles. The molecule has 1 aromatic heterocycles. The van der Waals surface area contributed by atoms with Crippen LogP contribution in [0.3, 0.4) is 0 Å². The number of nitrogens with zero attached hydrogens (tertiary/aromatic N) is 2. The fourth-order valence-corrected chi connectivity index (χ4v) is 6.33. The third-order valence-electron chi connectivity index (χ3n) is 5.27. The lowest BCUT2D eigenvalue weighted by Crippen LogP contribution is -2.14. The summed E-state index contributed by atoms with van der Waals surface area (Å²) in [5, 5.41) is 4.23. The van der Waals surface area contributed by atoms with Crippen molar-refractivity contribution in [1.29, 1.82) is 0 Å². The average molecular weight is 493 g/mol. The van der Waals surface area contributed by atoms with Gasteiger partial charge in [-0.3, -0.25) is 9.13 Å². The van der Waals surface area contributed by atoms with Gasteiger partial charge in [0, 0.05) is 11.9 Å². The highest BCUT2D eigenvalue weighted by atomic mass is 31.2. The fourth-order valence-electron chi connectivity index (χ4n) is 3.74. The average Bonchev–Trinajstić information content (AvgIpc) is 3.24. The first-order valence-corrected chi connectivity index (χ1v) is 13.9. The zero-order chi connectivity index (χ0) is 23.5. The lowest BCUT2D eigenvalue weighted by molar-refractivity contribution is 0.0150. The van der Waals surface area contributed by atoms with Crippen molar-refractivity contribution in [2.75, 3.05) is 17.8 Å². The summed E-state index contributed by atoms with van der Waals surface area (Å²) in [5.41, 5.74) is 2.82. The first-order valence-electron chi connectivity index (χ1n) is 10.4. The molecule has 1 fully saturated rings. The van der Waals surface area contributed by atoms with Gasteiger partial charge in [0.05, 0.1) is 24.3 Å². The van der Waals surface area contributed by atoms with Crippen LogP contribution in [0.15, 0.2) is 54.9 Å². The van der Waals surface area contributed by atoms with Crippen molar-refractivity contribution in [2.24, 2.45) is 0 Å². The highest BCUT2D eigenvalue weighted by molar-refractivity contribution is 7.70. The van der Waals surface area contributed by atoms with Crippen LogP contribution in [0.5, 0.6) is 0 Å². The first kappa shape index (κ1) is 24.0. The molecule has 0 radical (unpaired) electrons. The van der Waals surface area contributed by atoms with Crippen LogP contribution >= 0.6 is 15.2 Å². The standard InChI is InChI=1S/C21H25N3O7P2/c25-32(26,27)14-33(28,29)30-12-17-7-9-20(31-17)16-6-8-18-19(10-16)23-13-24-21(18)22-11-15-4-2-1-3-5-15/h1-6,8,10,13,17,20H,7,9,11-12,14H2,(H,28,29)(H,22,23,24)(H2,25,26,27)/t17-,20+/m0/s1. The Morgan fingerprint density at radius 2 is 1.85 bits per heavy atom. The molecule has 4 rings (SSSR count). The van der Waals surface area contributed by atoms with Crippen LogP contribution in [0.25, 0.3) is 10.9 Å². The Bertz CT molecular complexity index is 1200. The van der Waals surface area contributed by atoms with E-state index in [1.807, 2.05) is 48.5 Å². The molecule has 10 nitrogen and oxygen atoms in total. The maximum absolute atomic E-state index is 11.8. The monoisotopic (exact) mass is 493 g/mol. The quantitative estimate of drug-likeness (QED) is 0.324. The summed E-state index contributed by atoms with van der Waals surface area (Å²) >= 11 is 0. The van der Waals surface area contributed by atoms with Gasteiger partial charge in [-0.25, -0.2) is 9.97 Å². The van der Waals surface area contributed by atoms with Gasteiger partial charge in [0.25, 0.3) is 0 Å². The maximum Gasteiger partial charge on any atom is 0.340 e. The van der Waals surface area contributed by atoms with Gasteiger partial charge in [-0.05, 0) is 36.1 Å². The number of nitrogens with one attached hydrogen (secondary N) is 1. The molecule has 176 valence electrons. The van der Waals surface area contributed by atoms with Gasteiger partial charge in [0.1, 0.15) is 12.1 Å². The largest absolute Gasteiger partial charge is 0.368 e. The zero-order valence-corrected chi connectivity index (χ0v) is 19.4. The second-order valence-electron chi connectivity index (χ2n) is 7.90. The minimum atomic E-state index is -4.65. The van der Waals surface area contributed by atoms with E-state index >= 15 is 0 Å². The molecule has 1 aliphatic rings. The van der Waals surface area contributed by atoms with E-state index in [4.69, 9.17) is 19.0 Å². The van der Waals surface area contributed by atoms with Crippen molar-refractivity contribution in [3.05, 3.63) is 66.0 Å². The minimum Gasteiger partial charge on any atom is -0.368 e. The Morgan fingerprint density at radius 3 is 2.61 bits per heavy atom. The molecule has 3 aromatic rings. The summed E-state index contributed by atoms with van der Waals surface area (Å²) in [7, 11) is -9.05. The number of aromatic nitrogens is 2. The molecule has 0 aliphatic carbocycles. The lowest BCUT2D eigenvalue weighted by Gasteiger charge is -2.17. The molecule has 4 N–H and O–H groups in total. The van der Waals surface area contributed by atoms with E-state index in [0.29, 0.717) is 19.4 Å². The van der Waals surface area contributed by atoms with Gasteiger partial charge in [0.2, 0.25) is 0 Å². The van der Waals surface area contributed by atoms with E-state index in [0.717, 1.165) is 27.8 Å². The van der Waals surface area contributed by atoms with Crippen molar-refractivity contribution >= 4 is 31.9 Å². The SMILES string of the molecule is O=P(O)(O)CP(=O)(O)OC[C@@H]1CC[C@H](c2ccc3c(NCc4ccccc4)ncnc3c2)O1. The second-order valence-corrected chi connectivity index (χ2v) is 11.9. The number of rotatable bonds is 9. The van der Waals surface area contributed by atoms with Crippen LogP contribution in [0.1, 0.15) is 30.1 Å². The summed E-state index contributed by atoms with van der Waals surface area (Å²) < 4.78 is 33.6. The van der Waals surface area contributed by atoms with E-state index in [1.54, 1.807) is 0 Å². The van der Waals surface area contributed by atoms with Crippen molar-refractivity contribution in [1.82, 2.24) is 9.97 Å². The Kier molecular flexibility index (Phi) is 7.26. The van der Waals surface area contributed by atoms with Crippen LogP contribution in [0.2, 0.25) is 0 Å². The third-order valence-corrected chi connectivity index (χ3v) is 8.72. The van der Waals surface area contributed by atoms with Gasteiger partial charge in [0.15, 0.2) is 5.90 Å². The first-order chi connectivity index (χ1) is 15.7. The van der Waals surface area contributed by atoms with Gasteiger partial charge in [-0.2, -0.15) is 0 Å². The summed E-state index contributed by atoms with van der Waals surface area (Å²) in [6.07, 6.45) is 2.09. The van der Waals surface area contributed by atoms with Crippen LogP contribution in [-0.2, 0) is 24.9 Å². The van der Waals surface area contributed by atoms with E-state index in [1.165, 1.54) is 6.33 Å². The number of anilines is 1.